The van der Waals surface area contributed by atoms with Crippen molar-refractivity contribution in [2.45, 2.75) is 0 Å². The Morgan fingerprint density at radius 3 is 2.63 bits per heavy atom. The number of ether oxygens (including phenoxy) is 1. The molecule has 0 radical (unpaired) electrons. The molecule has 0 amide bonds. The summed E-state index contributed by atoms with van der Waals surface area (Å²) in [6, 6.07) is 15.0. The van der Waals surface area contributed by atoms with Crippen LogP contribution < -0.4 is 4.74 Å². The van der Waals surface area contributed by atoms with Crippen LogP contribution in [-0.2, 0) is 0 Å². The summed E-state index contributed by atoms with van der Waals surface area (Å²) in [4.78, 5) is 10.8. The molecule has 0 bridgehead atoms. The van der Waals surface area contributed by atoms with E-state index in [1.165, 1.54) is 0 Å². The first-order valence-corrected chi connectivity index (χ1v) is 6.51. The lowest BCUT2D eigenvalue weighted by Crippen LogP contribution is -1.96. The van der Waals surface area contributed by atoms with Gasteiger partial charge in [0.1, 0.15) is 12.4 Å². The Bertz CT molecular complexity index is 624. The van der Waals surface area contributed by atoms with Crippen molar-refractivity contribution in [1.29, 1.82) is 0 Å². The summed E-state index contributed by atoms with van der Waals surface area (Å²) in [6.45, 7) is 0.274. The predicted molar refractivity (Wildman–Crippen MR) is 78.3 cm³/mol. The van der Waals surface area contributed by atoms with Gasteiger partial charge in [-0.2, -0.15) is 0 Å². The maximum Gasteiger partial charge on any atom is 0.151 e. The van der Waals surface area contributed by atoms with Crippen LogP contribution in [0.4, 0.5) is 0 Å². The first kappa shape index (κ1) is 13.4. The fraction of sp³-hybridized carbons (Fsp3) is 0.0625. The molecule has 0 unspecified atom stereocenters. The standard InChI is InChI=1S/C16H11BrO2/c17-16-14(12-18)9-4-10-15(16)19-11-5-8-13-6-2-1-3-7-13/h1-4,6-7,9-10,12H,11H2. The second kappa shape index (κ2) is 6.77. The van der Waals surface area contributed by atoms with Gasteiger partial charge in [-0.05, 0) is 34.1 Å². The van der Waals surface area contributed by atoms with E-state index < -0.39 is 0 Å². The van der Waals surface area contributed by atoms with Crippen molar-refractivity contribution in [2.75, 3.05) is 6.61 Å². The number of carbonyl (C=O) groups excluding carboxylic acids is 1. The summed E-state index contributed by atoms with van der Waals surface area (Å²) in [5.74, 6) is 6.55. The van der Waals surface area contributed by atoms with Gasteiger partial charge < -0.3 is 4.74 Å². The third-order valence-corrected chi connectivity index (χ3v) is 3.28. The summed E-state index contributed by atoms with van der Waals surface area (Å²) in [5.41, 5.74) is 1.51. The van der Waals surface area contributed by atoms with E-state index in [1.54, 1.807) is 18.2 Å². The summed E-state index contributed by atoms with van der Waals surface area (Å²) in [6.07, 6.45) is 0.784. The van der Waals surface area contributed by atoms with Crippen molar-refractivity contribution >= 4 is 22.2 Å². The van der Waals surface area contributed by atoms with Crippen LogP contribution in [0.15, 0.2) is 53.0 Å². The van der Waals surface area contributed by atoms with Crippen molar-refractivity contribution in [3.8, 4) is 17.6 Å². The quantitative estimate of drug-likeness (QED) is 0.638. The van der Waals surface area contributed by atoms with Crippen LogP contribution in [0.25, 0.3) is 0 Å². The van der Waals surface area contributed by atoms with E-state index in [1.807, 2.05) is 30.3 Å². The van der Waals surface area contributed by atoms with Gasteiger partial charge in [-0.1, -0.05) is 42.2 Å². The predicted octanol–water partition coefficient (Wildman–Crippen LogP) is 3.69. The molecule has 3 heteroatoms. The molecule has 0 aliphatic heterocycles. The number of hydrogen-bond acceptors (Lipinski definition) is 2. The second-order valence-electron chi connectivity index (χ2n) is 3.73. The van der Waals surface area contributed by atoms with E-state index >= 15 is 0 Å². The lowest BCUT2D eigenvalue weighted by atomic mass is 10.2. The van der Waals surface area contributed by atoms with Gasteiger partial charge in [0.05, 0.1) is 4.47 Å². The van der Waals surface area contributed by atoms with Crippen LogP contribution in [0, 0.1) is 11.8 Å². The molecule has 0 saturated heterocycles. The molecule has 0 spiro atoms. The van der Waals surface area contributed by atoms with Crippen LogP contribution in [0.1, 0.15) is 15.9 Å². The number of carbonyl (C=O) groups is 1. The molecule has 0 atom stereocenters. The Hall–Kier alpha value is -2.05. The molecule has 94 valence electrons. The van der Waals surface area contributed by atoms with Crippen LogP contribution in [-0.4, -0.2) is 12.9 Å². The molecule has 0 aromatic heterocycles. The Kier molecular flexibility index (Phi) is 4.77. The van der Waals surface area contributed by atoms with E-state index in [2.05, 4.69) is 27.8 Å². The fourth-order valence-electron chi connectivity index (χ4n) is 1.50. The molecule has 0 aliphatic rings. The van der Waals surface area contributed by atoms with Gasteiger partial charge >= 0.3 is 0 Å². The van der Waals surface area contributed by atoms with E-state index in [0.717, 1.165) is 11.8 Å². The van der Waals surface area contributed by atoms with E-state index in [0.29, 0.717) is 15.8 Å². The van der Waals surface area contributed by atoms with Gasteiger partial charge in [-0.3, -0.25) is 4.79 Å². The van der Waals surface area contributed by atoms with Crippen molar-refractivity contribution < 1.29 is 9.53 Å². The zero-order valence-electron chi connectivity index (χ0n) is 10.1. The normalized spacial score (nSPS) is 9.32. The first-order valence-electron chi connectivity index (χ1n) is 5.71. The van der Waals surface area contributed by atoms with Crippen molar-refractivity contribution in [3.63, 3.8) is 0 Å². The number of aldehydes is 1. The van der Waals surface area contributed by atoms with Crippen LogP contribution >= 0.6 is 15.9 Å². The highest BCUT2D eigenvalue weighted by Gasteiger charge is 2.04. The Labute approximate surface area is 120 Å². The third kappa shape index (κ3) is 3.70. The SMILES string of the molecule is O=Cc1cccc(OCC#Cc2ccccc2)c1Br. The molecule has 0 heterocycles. The largest absolute Gasteiger partial charge is 0.480 e. The molecular formula is C16H11BrO2. The van der Waals surface area contributed by atoms with Gasteiger partial charge in [0.25, 0.3) is 0 Å². The maximum atomic E-state index is 10.8. The highest BCUT2D eigenvalue weighted by molar-refractivity contribution is 9.10. The Morgan fingerprint density at radius 1 is 1.11 bits per heavy atom. The van der Waals surface area contributed by atoms with Crippen LogP contribution in [0.2, 0.25) is 0 Å². The molecular weight excluding hydrogens is 304 g/mol. The molecule has 2 rings (SSSR count). The summed E-state index contributed by atoms with van der Waals surface area (Å²) >= 11 is 3.33. The van der Waals surface area contributed by atoms with E-state index in [4.69, 9.17) is 4.74 Å². The number of halogens is 1. The maximum absolute atomic E-state index is 10.8. The Morgan fingerprint density at radius 2 is 1.89 bits per heavy atom. The molecule has 2 aromatic carbocycles. The molecule has 2 aromatic rings. The van der Waals surface area contributed by atoms with Gasteiger partial charge in [0.15, 0.2) is 6.29 Å². The molecule has 0 fully saturated rings. The lowest BCUT2D eigenvalue weighted by molar-refractivity contribution is 0.112. The molecule has 2 nitrogen and oxygen atoms in total. The van der Waals surface area contributed by atoms with Crippen molar-refractivity contribution in [1.82, 2.24) is 0 Å². The van der Waals surface area contributed by atoms with E-state index in [9.17, 15) is 4.79 Å². The minimum Gasteiger partial charge on any atom is -0.480 e. The molecule has 0 N–H and O–H groups in total. The van der Waals surface area contributed by atoms with Gasteiger partial charge in [0.2, 0.25) is 0 Å². The smallest absolute Gasteiger partial charge is 0.151 e. The average Bonchev–Trinajstić information content (AvgIpc) is 2.46. The highest BCUT2D eigenvalue weighted by atomic mass is 79.9. The minimum atomic E-state index is 0.274. The Balaban J connectivity index is 2.01. The average molecular weight is 315 g/mol. The fourth-order valence-corrected chi connectivity index (χ4v) is 1.98. The lowest BCUT2D eigenvalue weighted by Gasteiger charge is -2.05. The summed E-state index contributed by atoms with van der Waals surface area (Å²) in [7, 11) is 0. The van der Waals surface area contributed by atoms with Gasteiger partial charge in [0, 0.05) is 11.1 Å². The number of benzene rings is 2. The van der Waals surface area contributed by atoms with Crippen LogP contribution in [0.5, 0.6) is 5.75 Å². The number of rotatable bonds is 3. The van der Waals surface area contributed by atoms with Gasteiger partial charge in [-0.25, -0.2) is 0 Å². The van der Waals surface area contributed by atoms with Crippen LogP contribution in [0.3, 0.4) is 0 Å². The summed E-state index contributed by atoms with van der Waals surface area (Å²) < 4.78 is 6.18. The monoisotopic (exact) mass is 314 g/mol. The van der Waals surface area contributed by atoms with Crippen molar-refractivity contribution in [2.24, 2.45) is 0 Å². The minimum absolute atomic E-state index is 0.274. The third-order valence-electron chi connectivity index (χ3n) is 2.43. The zero-order chi connectivity index (χ0) is 13.5. The molecule has 0 saturated carbocycles. The first-order chi connectivity index (χ1) is 9.31. The highest BCUT2D eigenvalue weighted by Crippen LogP contribution is 2.27. The number of hydrogen-bond donors (Lipinski definition) is 0. The second-order valence-corrected chi connectivity index (χ2v) is 4.53. The zero-order valence-corrected chi connectivity index (χ0v) is 11.7. The van der Waals surface area contributed by atoms with Gasteiger partial charge in [-0.15, -0.1) is 0 Å². The van der Waals surface area contributed by atoms with E-state index in [-0.39, 0.29) is 6.61 Å². The summed E-state index contributed by atoms with van der Waals surface area (Å²) in [5, 5.41) is 0. The molecule has 0 aliphatic carbocycles. The topological polar surface area (TPSA) is 26.3 Å². The molecule has 19 heavy (non-hydrogen) atoms. The van der Waals surface area contributed by atoms with Crippen molar-refractivity contribution in [3.05, 3.63) is 64.1 Å².